The Morgan fingerprint density at radius 2 is 1.12 bits per heavy atom. The zero-order valence-electron chi connectivity index (χ0n) is 8.68. The molecule has 2 aromatic carbocycles. The average Bonchev–Trinajstić information content (AvgIpc) is 2.40. The predicted octanol–water partition coefficient (Wildman–Crippen LogP) is 4.32. The van der Waals surface area contributed by atoms with Crippen LogP contribution in [0, 0.1) is 0 Å². The maximum Gasteiger partial charge on any atom is 0.159 e. The highest BCUT2D eigenvalue weighted by molar-refractivity contribution is 9.45. The molecule has 0 heterocycles. The van der Waals surface area contributed by atoms with Crippen LogP contribution in [0.2, 0.25) is 0 Å². The van der Waals surface area contributed by atoms with Gasteiger partial charge in [-0.3, -0.25) is 0 Å². The summed E-state index contributed by atoms with van der Waals surface area (Å²) in [6.45, 7) is 0. The van der Waals surface area contributed by atoms with Crippen LogP contribution in [0.25, 0.3) is 0 Å². The van der Waals surface area contributed by atoms with Gasteiger partial charge >= 0.3 is 0 Å². The minimum Gasteiger partial charge on any atom is -0.0620 e. The molecule has 0 fully saturated rings. The zero-order chi connectivity index (χ0) is 11.4. The summed E-state index contributed by atoms with van der Waals surface area (Å²) in [7, 11) is 0. The monoisotopic (exact) mass is 357 g/mol. The molecule has 0 aromatic heterocycles. The van der Waals surface area contributed by atoms with Gasteiger partial charge in [0.05, 0.1) is 0 Å². The van der Waals surface area contributed by atoms with Gasteiger partial charge in [0, 0.05) is 0 Å². The number of hydrogen-bond acceptors (Lipinski definition) is 0. The molecule has 0 atom stereocenters. The van der Waals surface area contributed by atoms with Crippen molar-refractivity contribution >= 4 is 48.0 Å². The normalized spacial score (nSPS) is 11.4. The van der Waals surface area contributed by atoms with E-state index in [4.69, 9.17) is 0 Å². The van der Waals surface area contributed by atoms with Gasteiger partial charge < -0.3 is 0 Å². The van der Waals surface area contributed by atoms with Gasteiger partial charge in [-0.2, -0.15) is 0 Å². The van der Waals surface area contributed by atoms with Crippen molar-refractivity contribution in [2.24, 2.45) is 0 Å². The van der Waals surface area contributed by atoms with Gasteiger partial charge in [-0.15, -0.1) is 0 Å². The molecule has 2 aromatic rings. The van der Waals surface area contributed by atoms with Crippen LogP contribution in [0.1, 0.15) is 0 Å². The van der Waals surface area contributed by atoms with E-state index >= 15 is 0 Å². The van der Waals surface area contributed by atoms with Crippen LogP contribution in [0.5, 0.6) is 0 Å². The first-order valence-electron chi connectivity index (χ1n) is 5.02. The topological polar surface area (TPSA) is 0 Å². The van der Waals surface area contributed by atoms with E-state index in [1.165, 1.54) is 10.6 Å². The van der Waals surface area contributed by atoms with Crippen molar-refractivity contribution < 1.29 is 0 Å². The van der Waals surface area contributed by atoms with E-state index in [-0.39, 0.29) is 0 Å². The SMILES string of the molecule is BrC[P+](Br)(c1ccccc1)c1ccccc1. The van der Waals surface area contributed by atoms with Crippen LogP contribution >= 0.6 is 37.4 Å². The third kappa shape index (κ3) is 2.40. The van der Waals surface area contributed by atoms with Crippen LogP contribution < -0.4 is 10.6 Å². The Kier molecular flexibility index (Phi) is 4.18. The van der Waals surface area contributed by atoms with Crippen LogP contribution in [-0.2, 0) is 0 Å². The van der Waals surface area contributed by atoms with E-state index in [2.05, 4.69) is 92.1 Å². The fourth-order valence-electron chi connectivity index (χ4n) is 1.62. The van der Waals surface area contributed by atoms with Crippen molar-refractivity contribution in [3.05, 3.63) is 60.7 Å². The fraction of sp³-hybridized carbons (Fsp3) is 0.0769. The first-order valence-corrected chi connectivity index (χ1v) is 10.1. The minimum atomic E-state index is -1.43. The highest BCUT2D eigenvalue weighted by Gasteiger charge is 2.39. The fourth-order valence-corrected chi connectivity index (χ4v) is 6.64. The number of rotatable bonds is 3. The molecule has 82 valence electrons. The van der Waals surface area contributed by atoms with Crippen molar-refractivity contribution in [3.8, 4) is 0 Å². The lowest BCUT2D eigenvalue weighted by molar-refractivity contribution is 1.74. The van der Waals surface area contributed by atoms with Crippen molar-refractivity contribution in [1.29, 1.82) is 0 Å². The van der Waals surface area contributed by atoms with Gasteiger partial charge in [-0.1, -0.05) is 36.4 Å². The lowest BCUT2D eigenvalue weighted by Gasteiger charge is -2.16. The summed E-state index contributed by atoms with van der Waals surface area (Å²) in [6, 6.07) is 21.3. The molecular formula is C13H12Br2P+. The maximum absolute atomic E-state index is 3.96. The highest BCUT2D eigenvalue weighted by Crippen LogP contribution is 2.64. The number of benzene rings is 2. The van der Waals surface area contributed by atoms with Crippen LogP contribution in [0.15, 0.2) is 60.7 Å². The van der Waals surface area contributed by atoms with E-state index in [9.17, 15) is 0 Å². The molecule has 0 radical (unpaired) electrons. The van der Waals surface area contributed by atoms with E-state index in [0.29, 0.717) is 0 Å². The molecule has 0 N–H and O–H groups in total. The quantitative estimate of drug-likeness (QED) is 0.566. The lowest BCUT2D eigenvalue weighted by Crippen LogP contribution is -2.18. The van der Waals surface area contributed by atoms with Crippen LogP contribution in [0.3, 0.4) is 0 Å². The summed E-state index contributed by atoms with van der Waals surface area (Å²) >= 11 is 7.61. The van der Waals surface area contributed by atoms with Crippen molar-refractivity contribution in [2.75, 3.05) is 5.07 Å². The number of hydrogen-bond donors (Lipinski definition) is 0. The first kappa shape index (κ1) is 12.3. The zero-order valence-corrected chi connectivity index (χ0v) is 12.8. The molecule has 0 saturated heterocycles. The Hall–Kier alpha value is -0.170. The summed E-state index contributed by atoms with van der Waals surface area (Å²) in [5.74, 6) is -1.43. The molecule has 0 nitrogen and oxygen atoms in total. The van der Waals surface area contributed by atoms with Crippen LogP contribution in [0.4, 0.5) is 0 Å². The third-order valence-corrected chi connectivity index (χ3v) is 12.5. The second-order valence-electron chi connectivity index (χ2n) is 3.51. The smallest absolute Gasteiger partial charge is 0.0620 e. The third-order valence-electron chi connectivity index (χ3n) is 2.50. The standard InChI is InChI=1S/C13H12Br2P/c14-11-16(15,12-7-3-1-4-8-12)13-9-5-2-6-10-13/h1-10H,11H2/q+1. The molecule has 2 rings (SSSR count). The van der Waals surface area contributed by atoms with E-state index in [1.807, 2.05) is 0 Å². The van der Waals surface area contributed by atoms with Gasteiger partial charge in [0.1, 0.15) is 15.7 Å². The molecule has 0 amide bonds. The van der Waals surface area contributed by atoms with Crippen molar-refractivity contribution in [1.82, 2.24) is 0 Å². The molecule has 0 aliphatic rings. The van der Waals surface area contributed by atoms with Crippen molar-refractivity contribution in [3.63, 3.8) is 0 Å². The van der Waals surface area contributed by atoms with Gasteiger partial charge in [-0.05, 0) is 40.2 Å². The Balaban J connectivity index is 2.49. The largest absolute Gasteiger partial charge is 0.159 e. The molecule has 0 unspecified atom stereocenters. The van der Waals surface area contributed by atoms with Crippen LogP contribution in [-0.4, -0.2) is 5.07 Å². The second-order valence-corrected chi connectivity index (χ2v) is 11.3. The minimum absolute atomic E-state index is 0.952. The van der Waals surface area contributed by atoms with E-state index in [0.717, 1.165) is 5.07 Å². The number of halogens is 2. The molecule has 3 heteroatoms. The van der Waals surface area contributed by atoms with E-state index in [1.54, 1.807) is 0 Å². The Morgan fingerprint density at radius 3 is 1.44 bits per heavy atom. The summed E-state index contributed by atoms with van der Waals surface area (Å²) in [5.41, 5.74) is 0. The summed E-state index contributed by atoms with van der Waals surface area (Å²) in [5, 5.41) is 3.70. The van der Waals surface area contributed by atoms with Gasteiger partial charge in [0.25, 0.3) is 0 Å². The molecule has 0 spiro atoms. The van der Waals surface area contributed by atoms with E-state index < -0.39 is 5.96 Å². The predicted molar refractivity (Wildman–Crippen MR) is 81.8 cm³/mol. The van der Waals surface area contributed by atoms with Crippen molar-refractivity contribution in [2.45, 2.75) is 0 Å². The molecule has 0 saturated carbocycles. The lowest BCUT2D eigenvalue weighted by atomic mass is 10.4. The average molecular weight is 359 g/mol. The Morgan fingerprint density at radius 1 is 0.750 bits per heavy atom. The summed E-state index contributed by atoms with van der Waals surface area (Å²) in [6.07, 6.45) is 0. The Bertz CT molecular complexity index is 403. The molecular weight excluding hydrogens is 347 g/mol. The molecule has 0 aliphatic heterocycles. The second kappa shape index (κ2) is 5.44. The first-order chi connectivity index (χ1) is 7.77. The Labute approximate surface area is 113 Å². The number of alkyl halides is 1. The molecule has 0 bridgehead atoms. The summed E-state index contributed by atoms with van der Waals surface area (Å²) in [4.78, 5) is 0. The van der Waals surface area contributed by atoms with Gasteiger partial charge in [0.15, 0.2) is 21.5 Å². The van der Waals surface area contributed by atoms with Gasteiger partial charge in [-0.25, -0.2) is 0 Å². The summed E-state index contributed by atoms with van der Waals surface area (Å²) < 4.78 is 0. The molecule has 0 aliphatic carbocycles. The van der Waals surface area contributed by atoms with Gasteiger partial charge in [0.2, 0.25) is 0 Å². The maximum atomic E-state index is 3.96. The highest BCUT2D eigenvalue weighted by atomic mass is 79.9. The molecule has 16 heavy (non-hydrogen) atoms.